The summed E-state index contributed by atoms with van der Waals surface area (Å²) in [5.41, 5.74) is 1.30. The van der Waals surface area contributed by atoms with Crippen LogP contribution in [-0.4, -0.2) is 36.7 Å². The quantitative estimate of drug-likeness (QED) is 0.465. The van der Waals surface area contributed by atoms with E-state index in [9.17, 15) is 14.9 Å². The van der Waals surface area contributed by atoms with Crippen LogP contribution < -0.4 is 10.2 Å². The molecule has 6 nitrogen and oxygen atoms in total. The Kier molecular flexibility index (Phi) is 6.41. The van der Waals surface area contributed by atoms with Gasteiger partial charge in [0.2, 0.25) is 0 Å². The zero-order valence-corrected chi connectivity index (χ0v) is 15.2. The third-order valence-electron chi connectivity index (χ3n) is 4.02. The number of nitrogens with one attached hydrogen (secondary N) is 1. The molecule has 2 aromatic carbocycles. The van der Waals surface area contributed by atoms with Gasteiger partial charge in [-0.15, -0.1) is 11.8 Å². The molecular weight excluding hydrogens is 338 g/mol. The number of hydrogen-bond donors (Lipinski definition) is 1. The minimum Gasteiger partial charge on any atom is -0.370 e. The highest BCUT2D eigenvalue weighted by atomic mass is 32.2. The lowest BCUT2D eigenvalue weighted by Crippen LogP contribution is -2.40. The molecule has 1 unspecified atom stereocenters. The van der Waals surface area contributed by atoms with Crippen molar-refractivity contribution in [2.45, 2.75) is 17.9 Å². The molecule has 132 valence electrons. The summed E-state index contributed by atoms with van der Waals surface area (Å²) in [5.74, 6) is -0.316. The summed E-state index contributed by atoms with van der Waals surface area (Å²) in [6.07, 6.45) is 1.77. The first-order chi connectivity index (χ1) is 11.9. The van der Waals surface area contributed by atoms with Gasteiger partial charge in [-0.3, -0.25) is 14.9 Å². The van der Waals surface area contributed by atoms with Crippen LogP contribution >= 0.6 is 11.8 Å². The molecule has 0 spiro atoms. The van der Waals surface area contributed by atoms with Crippen LogP contribution in [0.3, 0.4) is 0 Å². The van der Waals surface area contributed by atoms with Crippen molar-refractivity contribution in [1.82, 2.24) is 5.32 Å². The molecule has 0 bridgehead atoms. The summed E-state index contributed by atoms with van der Waals surface area (Å²) in [4.78, 5) is 25.6. The zero-order chi connectivity index (χ0) is 18.4. The van der Waals surface area contributed by atoms with E-state index in [1.807, 2.05) is 44.3 Å². The molecular formula is C18H21N3O3S. The van der Waals surface area contributed by atoms with Crippen LogP contribution in [0, 0.1) is 10.1 Å². The second kappa shape index (κ2) is 8.53. The Balaban J connectivity index is 2.02. The maximum atomic E-state index is 12.3. The van der Waals surface area contributed by atoms with Crippen LogP contribution in [0.2, 0.25) is 0 Å². The number of nitro groups is 1. The molecule has 0 saturated carbocycles. The van der Waals surface area contributed by atoms with Crippen molar-refractivity contribution in [1.29, 1.82) is 0 Å². The van der Waals surface area contributed by atoms with E-state index < -0.39 is 4.92 Å². The Morgan fingerprint density at radius 3 is 2.56 bits per heavy atom. The first kappa shape index (κ1) is 18.8. The molecule has 0 saturated heterocycles. The standard InChI is InChI=1S/C18H21N3O3S/c1-13(20(2)15-7-5-4-6-8-15)12-19-18(22)14-9-10-17(25-3)16(11-14)21(23)24/h4-11,13H,12H2,1-3H3,(H,19,22). The highest BCUT2D eigenvalue weighted by Gasteiger charge is 2.18. The van der Waals surface area contributed by atoms with E-state index in [1.54, 1.807) is 18.4 Å². The van der Waals surface area contributed by atoms with Gasteiger partial charge in [0, 0.05) is 37.0 Å². The number of nitrogens with zero attached hydrogens (tertiary/aromatic N) is 2. The van der Waals surface area contributed by atoms with Crippen LogP contribution in [-0.2, 0) is 0 Å². The molecule has 1 atom stereocenters. The Hall–Kier alpha value is -2.54. The maximum absolute atomic E-state index is 12.3. The van der Waals surface area contributed by atoms with Gasteiger partial charge in [-0.25, -0.2) is 0 Å². The van der Waals surface area contributed by atoms with Crippen LogP contribution in [0.1, 0.15) is 17.3 Å². The van der Waals surface area contributed by atoms with E-state index in [0.717, 1.165) is 5.69 Å². The van der Waals surface area contributed by atoms with E-state index in [-0.39, 0.29) is 17.6 Å². The van der Waals surface area contributed by atoms with Crippen molar-refractivity contribution >= 4 is 29.0 Å². The van der Waals surface area contributed by atoms with E-state index >= 15 is 0 Å². The summed E-state index contributed by atoms with van der Waals surface area (Å²) < 4.78 is 0. The molecule has 1 amide bonds. The summed E-state index contributed by atoms with van der Waals surface area (Å²) in [6.45, 7) is 2.44. The molecule has 0 aliphatic rings. The molecule has 0 aliphatic carbocycles. The van der Waals surface area contributed by atoms with Crippen molar-refractivity contribution in [3.05, 3.63) is 64.2 Å². The number of para-hydroxylation sites is 1. The van der Waals surface area contributed by atoms with Crippen LogP contribution in [0.4, 0.5) is 11.4 Å². The van der Waals surface area contributed by atoms with Gasteiger partial charge in [0.25, 0.3) is 11.6 Å². The van der Waals surface area contributed by atoms with Gasteiger partial charge < -0.3 is 10.2 Å². The topological polar surface area (TPSA) is 75.5 Å². The minimum absolute atomic E-state index is 0.0467. The van der Waals surface area contributed by atoms with Crippen LogP contribution in [0.25, 0.3) is 0 Å². The van der Waals surface area contributed by atoms with E-state index in [0.29, 0.717) is 17.0 Å². The number of amides is 1. The molecule has 0 aromatic heterocycles. The zero-order valence-electron chi connectivity index (χ0n) is 14.4. The molecule has 2 rings (SSSR count). The van der Waals surface area contributed by atoms with Crippen molar-refractivity contribution in [3.63, 3.8) is 0 Å². The number of likely N-dealkylation sites (N-methyl/N-ethyl adjacent to an activating group) is 1. The highest BCUT2D eigenvalue weighted by molar-refractivity contribution is 7.98. The molecule has 25 heavy (non-hydrogen) atoms. The number of carbonyl (C=O) groups excluding carboxylic acids is 1. The smallest absolute Gasteiger partial charge is 0.283 e. The van der Waals surface area contributed by atoms with Gasteiger partial charge in [-0.2, -0.15) is 0 Å². The Morgan fingerprint density at radius 1 is 1.28 bits per heavy atom. The van der Waals surface area contributed by atoms with Crippen LogP contribution in [0.5, 0.6) is 0 Å². The normalized spacial score (nSPS) is 11.6. The van der Waals surface area contributed by atoms with Gasteiger partial charge in [0.05, 0.1) is 9.82 Å². The number of anilines is 1. The molecule has 7 heteroatoms. The SMILES string of the molecule is CSc1ccc(C(=O)NCC(C)N(C)c2ccccc2)cc1[N+](=O)[O-]. The van der Waals surface area contributed by atoms with Crippen molar-refractivity contribution in [2.75, 3.05) is 24.7 Å². The van der Waals surface area contributed by atoms with E-state index in [4.69, 9.17) is 0 Å². The summed E-state index contributed by atoms with van der Waals surface area (Å²) in [5, 5.41) is 14.0. The average Bonchev–Trinajstić information content (AvgIpc) is 2.65. The lowest BCUT2D eigenvalue weighted by Gasteiger charge is -2.27. The lowest BCUT2D eigenvalue weighted by molar-refractivity contribution is -0.387. The predicted molar refractivity (Wildman–Crippen MR) is 102 cm³/mol. The number of thioether (sulfide) groups is 1. The number of carbonyl (C=O) groups is 1. The van der Waals surface area contributed by atoms with Crippen molar-refractivity contribution < 1.29 is 9.72 Å². The van der Waals surface area contributed by atoms with Gasteiger partial charge in [-0.05, 0) is 37.4 Å². The number of rotatable bonds is 7. The largest absolute Gasteiger partial charge is 0.370 e. The Morgan fingerprint density at radius 2 is 1.96 bits per heavy atom. The molecule has 2 aromatic rings. The summed E-state index contributed by atoms with van der Waals surface area (Å²) in [7, 11) is 1.96. The predicted octanol–water partition coefficient (Wildman–Crippen LogP) is 3.57. The molecule has 0 fully saturated rings. The van der Waals surface area contributed by atoms with Gasteiger partial charge in [-0.1, -0.05) is 18.2 Å². The lowest BCUT2D eigenvalue weighted by atomic mass is 10.1. The Bertz CT molecular complexity index is 752. The minimum atomic E-state index is -0.464. The first-order valence-corrected chi connectivity index (χ1v) is 9.05. The third-order valence-corrected chi connectivity index (χ3v) is 4.81. The monoisotopic (exact) mass is 359 g/mol. The summed E-state index contributed by atoms with van der Waals surface area (Å²) >= 11 is 1.28. The average molecular weight is 359 g/mol. The second-order valence-electron chi connectivity index (χ2n) is 5.65. The third kappa shape index (κ3) is 4.73. The van der Waals surface area contributed by atoms with Crippen molar-refractivity contribution in [2.24, 2.45) is 0 Å². The van der Waals surface area contributed by atoms with E-state index in [1.165, 1.54) is 17.8 Å². The highest BCUT2D eigenvalue weighted by Crippen LogP contribution is 2.28. The van der Waals surface area contributed by atoms with Gasteiger partial charge >= 0.3 is 0 Å². The Labute approximate surface area is 151 Å². The fourth-order valence-electron chi connectivity index (χ4n) is 2.37. The van der Waals surface area contributed by atoms with Gasteiger partial charge in [0.1, 0.15) is 0 Å². The maximum Gasteiger partial charge on any atom is 0.283 e. The number of hydrogen-bond acceptors (Lipinski definition) is 5. The second-order valence-corrected chi connectivity index (χ2v) is 6.50. The fraction of sp³-hybridized carbons (Fsp3) is 0.278. The van der Waals surface area contributed by atoms with Crippen LogP contribution in [0.15, 0.2) is 53.4 Å². The van der Waals surface area contributed by atoms with Crippen molar-refractivity contribution in [3.8, 4) is 0 Å². The first-order valence-electron chi connectivity index (χ1n) is 7.82. The molecule has 0 heterocycles. The number of nitro benzene ring substituents is 1. The number of benzene rings is 2. The molecule has 0 aliphatic heterocycles. The molecule has 1 N–H and O–H groups in total. The summed E-state index contributed by atoms with van der Waals surface area (Å²) in [6, 6.07) is 14.5. The fourth-order valence-corrected chi connectivity index (χ4v) is 2.92. The van der Waals surface area contributed by atoms with E-state index in [2.05, 4.69) is 10.2 Å². The van der Waals surface area contributed by atoms with Gasteiger partial charge in [0.15, 0.2) is 0 Å². The molecule has 0 radical (unpaired) electrons.